The first kappa shape index (κ1) is 12.8. The molecule has 5 nitrogen and oxygen atoms in total. The van der Waals surface area contributed by atoms with Gasteiger partial charge in [0.2, 0.25) is 5.89 Å². The van der Waals surface area contributed by atoms with Crippen LogP contribution < -0.4 is 0 Å². The number of fused-ring (bicyclic) bond motifs is 1. The van der Waals surface area contributed by atoms with Crippen molar-refractivity contribution in [3.63, 3.8) is 0 Å². The van der Waals surface area contributed by atoms with E-state index in [1.54, 1.807) is 6.07 Å². The van der Waals surface area contributed by atoms with Crippen LogP contribution in [0.2, 0.25) is 0 Å². The molecule has 0 fully saturated rings. The fourth-order valence-electron chi connectivity index (χ4n) is 1.94. The van der Waals surface area contributed by atoms with Crippen LogP contribution in [-0.2, 0) is 5.33 Å². The molecular formula is C14H9BrN2O3. The monoisotopic (exact) mass is 332 g/mol. The lowest BCUT2D eigenvalue weighted by molar-refractivity contribution is -0.384. The van der Waals surface area contributed by atoms with E-state index in [-0.39, 0.29) is 5.69 Å². The van der Waals surface area contributed by atoms with Crippen LogP contribution >= 0.6 is 15.9 Å². The van der Waals surface area contributed by atoms with E-state index in [2.05, 4.69) is 20.9 Å². The van der Waals surface area contributed by atoms with Gasteiger partial charge in [-0.05, 0) is 23.8 Å². The highest BCUT2D eigenvalue weighted by atomic mass is 79.9. The smallest absolute Gasteiger partial charge is 0.271 e. The van der Waals surface area contributed by atoms with Gasteiger partial charge in [-0.1, -0.05) is 28.1 Å². The van der Waals surface area contributed by atoms with Crippen LogP contribution in [0.3, 0.4) is 0 Å². The van der Waals surface area contributed by atoms with Crippen molar-refractivity contribution in [2.45, 2.75) is 5.33 Å². The van der Waals surface area contributed by atoms with Gasteiger partial charge >= 0.3 is 0 Å². The number of alkyl halides is 1. The molecule has 3 rings (SSSR count). The lowest BCUT2D eigenvalue weighted by Gasteiger charge is -1.98. The van der Waals surface area contributed by atoms with Crippen molar-refractivity contribution in [3.05, 3.63) is 58.1 Å². The maximum absolute atomic E-state index is 10.7. The summed E-state index contributed by atoms with van der Waals surface area (Å²) in [6.45, 7) is 0. The van der Waals surface area contributed by atoms with Crippen LogP contribution in [0.5, 0.6) is 0 Å². The maximum Gasteiger partial charge on any atom is 0.271 e. The van der Waals surface area contributed by atoms with Crippen LogP contribution in [0.1, 0.15) is 5.56 Å². The Morgan fingerprint density at radius 1 is 1.25 bits per heavy atom. The molecule has 0 saturated carbocycles. The van der Waals surface area contributed by atoms with E-state index >= 15 is 0 Å². The number of aromatic nitrogens is 1. The number of oxazole rings is 1. The summed E-state index contributed by atoms with van der Waals surface area (Å²) in [7, 11) is 0. The van der Waals surface area contributed by atoms with E-state index in [1.807, 2.05) is 24.3 Å². The Morgan fingerprint density at radius 3 is 2.85 bits per heavy atom. The van der Waals surface area contributed by atoms with Gasteiger partial charge in [-0.3, -0.25) is 10.1 Å². The molecule has 0 aliphatic carbocycles. The molecule has 0 aliphatic rings. The number of non-ortho nitro benzene ring substituents is 1. The van der Waals surface area contributed by atoms with Crippen LogP contribution in [0.15, 0.2) is 46.9 Å². The van der Waals surface area contributed by atoms with Crippen LogP contribution in [-0.4, -0.2) is 9.91 Å². The zero-order chi connectivity index (χ0) is 14.1. The van der Waals surface area contributed by atoms with Crippen molar-refractivity contribution in [2.75, 3.05) is 0 Å². The quantitative estimate of drug-likeness (QED) is 0.407. The molecule has 2 aromatic carbocycles. The number of halogens is 1. The van der Waals surface area contributed by atoms with E-state index in [0.29, 0.717) is 17.0 Å². The number of nitro groups is 1. The highest BCUT2D eigenvalue weighted by molar-refractivity contribution is 9.08. The molecule has 6 heteroatoms. The third-order valence-electron chi connectivity index (χ3n) is 2.91. The predicted octanol–water partition coefficient (Wildman–Crippen LogP) is 4.30. The fourth-order valence-corrected chi connectivity index (χ4v) is 2.29. The molecule has 100 valence electrons. The second-order valence-corrected chi connectivity index (χ2v) is 4.82. The highest BCUT2D eigenvalue weighted by Gasteiger charge is 2.12. The molecule has 3 aromatic rings. The lowest BCUT2D eigenvalue weighted by Crippen LogP contribution is -1.86. The average Bonchev–Trinajstić information content (AvgIpc) is 2.90. The largest absolute Gasteiger partial charge is 0.436 e. The van der Waals surface area contributed by atoms with Crippen LogP contribution in [0.25, 0.3) is 22.6 Å². The van der Waals surface area contributed by atoms with Crippen LogP contribution in [0, 0.1) is 10.1 Å². The number of rotatable bonds is 3. The molecule has 0 spiro atoms. The Balaban J connectivity index is 2.10. The first-order valence-electron chi connectivity index (χ1n) is 5.87. The molecule has 20 heavy (non-hydrogen) atoms. The zero-order valence-corrected chi connectivity index (χ0v) is 11.8. The van der Waals surface area contributed by atoms with E-state index in [9.17, 15) is 10.1 Å². The van der Waals surface area contributed by atoms with Gasteiger partial charge in [-0.2, -0.15) is 0 Å². The van der Waals surface area contributed by atoms with Crippen molar-refractivity contribution < 1.29 is 9.34 Å². The normalized spacial score (nSPS) is 10.8. The van der Waals surface area contributed by atoms with Crippen molar-refractivity contribution in [2.24, 2.45) is 0 Å². The molecule has 0 radical (unpaired) electrons. The third kappa shape index (κ3) is 2.30. The summed E-state index contributed by atoms with van der Waals surface area (Å²) in [5.74, 6) is 0.461. The molecular weight excluding hydrogens is 324 g/mol. The topological polar surface area (TPSA) is 69.2 Å². The molecule has 0 bridgehead atoms. The maximum atomic E-state index is 10.7. The molecule has 1 aromatic heterocycles. The van der Waals surface area contributed by atoms with Crippen molar-refractivity contribution in [1.82, 2.24) is 4.98 Å². The summed E-state index contributed by atoms with van der Waals surface area (Å²) >= 11 is 3.40. The van der Waals surface area contributed by atoms with Gasteiger partial charge < -0.3 is 4.42 Å². The van der Waals surface area contributed by atoms with Gasteiger partial charge in [0.05, 0.1) is 4.92 Å². The van der Waals surface area contributed by atoms with Gasteiger partial charge in [-0.25, -0.2) is 4.98 Å². The molecule has 0 amide bonds. The van der Waals surface area contributed by atoms with Crippen molar-refractivity contribution in [3.8, 4) is 11.5 Å². The first-order valence-corrected chi connectivity index (χ1v) is 7.00. The Kier molecular flexibility index (Phi) is 3.23. The molecule has 0 N–H and O–H groups in total. The predicted molar refractivity (Wildman–Crippen MR) is 78.7 cm³/mol. The average molecular weight is 333 g/mol. The van der Waals surface area contributed by atoms with E-state index in [0.717, 1.165) is 16.5 Å². The zero-order valence-electron chi connectivity index (χ0n) is 10.2. The van der Waals surface area contributed by atoms with Gasteiger partial charge in [0, 0.05) is 23.0 Å². The van der Waals surface area contributed by atoms with E-state index in [4.69, 9.17) is 4.42 Å². The van der Waals surface area contributed by atoms with E-state index in [1.165, 1.54) is 12.1 Å². The van der Waals surface area contributed by atoms with E-state index < -0.39 is 4.92 Å². The summed E-state index contributed by atoms with van der Waals surface area (Å²) in [6, 6.07) is 12.2. The summed E-state index contributed by atoms with van der Waals surface area (Å²) in [4.78, 5) is 14.6. The summed E-state index contributed by atoms with van der Waals surface area (Å²) in [5, 5.41) is 11.5. The Morgan fingerprint density at radius 2 is 2.10 bits per heavy atom. The summed E-state index contributed by atoms with van der Waals surface area (Å²) < 4.78 is 5.64. The van der Waals surface area contributed by atoms with Gasteiger partial charge in [0.1, 0.15) is 5.52 Å². The molecule has 1 heterocycles. The molecule has 0 aliphatic heterocycles. The Bertz CT molecular complexity index is 798. The highest BCUT2D eigenvalue weighted by Crippen LogP contribution is 2.27. The lowest BCUT2D eigenvalue weighted by atomic mass is 10.1. The standard InChI is InChI=1S/C14H9BrN2O3/c15-8-9-2-1-3-10(6-9)14-16-12-7-11(17(18)19)4-5-13(12)20-14/h1-7H,8H2. The molecule has 0 atom stereocenters. The second-order valence-electron chi connectivity index (χ2n) is 4.26. The minimum atomic E-state index is -0.445. The van der Waals surface area contributed by atoms with Gasteiger partial charge in [0.15, 0.2) is 5.58 Å². The van der Waals surface area contributed by atoms with Crippen molar-refractivity contribution >= 4 is 32.7 Å². The number of hydrogen-bond acceptors (Lipinski definition) is 4. The van der Waals surface area contributed by atoms with Gasteiger partial charge in [-0.15, -0.1) is 0 Å². The van der Waals surface area contributed by atoms with Gasteiger partial charge in [0.25, 0.3) is 5.69 Å². The molecule has 0 unspecified atom stereocenters. The minimum absolute atomic E-state index is 0.00607. The number of nitrogens with zero attached hydrogens (tertiary/aromatic N) is 2. The Labute approximate surface area is 122 Å². The van der Waals surface area contributed by atoms with Crippen molar-refractivity contribution in [1.29, 1.82) is 0 Å². The Hall–Kier alpha value is -2.21. The third-order valence-corrected chi connectivity index (χ3v) is 3.56. The number of benzene rings is 2. The second kappa shape index (κ2) is 5.05. The summed E-state index contributed by atoms with van der Waals surface area (Å²) in [5.41, 5.74) is 2.98. The fraction of sp³-hybridized carbons (Fsp3) is 0.0714. The number of nitro benzene ring substituents is 1. The molecule has 0 saturated heterocycles. The minimum Gasteiger partial charge on any atom is -0.436 e. The first-order chi connectivity index (χ1) is 9.67. The SMILES string of the molecule is O=[N+]([O-])c1ccc2oc(-c3cccc(CBr)c3)nc2c1. The number of hydrogen-bond donors (Lipinski definition) is 0. The summed E-state index contributed by atoms with van der Waals surface area (Å²) in [6.07, 6.45) is 0. The van der Waals surface area contributed by atoms with Crippen LogP contribution in [0.4, 0.5) is 5.69 Å².